The van der Waals surface area contributed by atoms with E-state index in [4.69, 9.17) is 14.6 Å². The second-order valence-corrected chi connectivity index (χ2v) is 5.72. The number of carbonyl (C=O) groups is 1. The molecule has 0 aromatic heterocycles. The van der Waals surface area contributed by atoms with Crippen molar-refractivity contribution in [3.8, 4) is 0 Å². The van der Waals surface area contributed by atoms with Crippen LogP contribution in [-0.2, 0) is 14.3 Å². The molecule has 0 aromatic carbocycles. The second kappa shape index (κ2) is 10.1. The molecular formula is C15H28O6. The van der Waals surface area contributed by atoms with Gasteiger partial charge in [0.15, 0.2) is 6.29 Å². The Kier molecular flexibility index (Phi) is 8.84. The van der Waals surface area contributed by atoms with E-state index in [2.05, 4.69) is 0 Å². The van der Waals surface area contributed by atoms with Gasteiger partial charge in [-0.1, -0.05) is 25.7 Å². The van der Waals surface area contributed by atoms with Crippen molar-refractivity contribution in [3.05, 3.63) is 0 Å². The average Bonchev–Trinajstić information content (AvgIpc) is 2.42. The molecule has 0 radical (unpaired) electrons. The van der Waals surface area contributed by atoms with Crippen LogP contribution in [0.2, 0.25) is 0 Å². The van der Waals surface area contributed by atoms with Gasteiger partial charge < -0.3 is 24.8 Å². The number of hydrogen-bond donors (Lipinski definition) is 3. The van der Waals surface area contributed by atoms with E-state index in [-0.39, 0.29) is 18.9 Å². The third-order valence-electron chi connectivity index (χ3n) is 3.75. The molecule has 21 heavy (non-hydrogen) atoms. The van der Waals surface area contributed by atoms with Crippen LogP contribution in [0.25, 0.3) is 0 Å². The normalized spacial score (nSPS) is 29.5. The minimum Gasteiger partial charge on any atom is -0.481 e. The highest BCUT2D eigenvalue weighted by Crippen LogP contribution is 2.21. The summed E-state index contributed by atoms with van der Waals surface area (Å²) in [4.78, 5) is 10.3. The number of carboxylic acids is 1. The zero-order chi connectivity index (χ0) is 15.7. The van der Waals surface area contributed by atoms with Gasteiger partial charge in [-0.2, -0.15) is 0 Å². The lowest BCUT2D eigenvalue weighted by Crippen LogP contribution is -2.47. The fourth-order valence-corrected chi connectivity index (χ4v) is 2.38. The molecule has 4 atom stereocenters. The lowest BCUT2D eigenvalue weighted by molar-refractivity contribution is -0.261. The largest absolute Gasteiger partial charge is 0.481 e. The lowest BCUT2D eigenvalue weighted by atomic mass is 10.0. The fraction of sp³-hybridized carbons (Fsp3) is 0.933. The third-order valence-corrected chi connectivity index (χ3v) is 3.75. The van der Waals surface area contributed by atoms with E-state index in [9.17, 15) is 15.0 Å². The monoisotopic (exact) mass is 304 g/mol. The van der Waals surface area contributed by atoms with Crippen LogP contribution in [0.3, 0.4) is 0 Å². The molecule has 0 spiro atoms. The molecule has 1 heterocycles. The van der Waals surface area contributed by atoms with E-state index in [1.165, 1.54) is 0 Å². The first-order valence-electron chi connectivity index (χ1n) is 7.85. The van der Waals surface area contributed by atoms with Crippen LogP contribution in [0.15, 0.2) is 0 Å². The smallest absolute Gasteiger partial charge is 0.303 e. The third kappa shape index (κ3) is 7.76. The standard InChI is InChI=1S/C15H28O6/c1-11-12(16)10-13(17)15(21-11)20-9-7-5-3-2-4-6-8-14(18)19/h11-13,15-17H,2-10H2,1H3,(H,18,19)/t11?,12-,13?,15-/m1/s1. The van der Waals surface area contributed by atoms with Gasteiger partial charge in [0.05, 0.1) is 12.2 Å². The number of aliphatic hydroxyl groups is 2. The summed E-state index contributed by atoms with van der Waals surface area (Å²) in [6.07, 6.45) is 3.90. The molecule has 1 rings (SSSR count). The summed E-state index contributed by atoms with van der Waals surface area (Å²) in [5, 5.41) is 27.8. The van der Waals surface area contributed by atoms with Gasteiger partial charge in [-0.15, -0.1) is 0 Å². The molecule has 2 unspecified atom stereocenters. The van der Waals surface area contributed by atoms with Gasteiger partial charge in [0.1, 0.15) is 6.10 Å². The van der Waals surface area contributed by atoms with Crippen LogP contribution in [0.1, 0.15) is 58.3 Å². The Morgan fingerprint density at radius 1 is 1.10 bits per heavy atom. The molecule has 0 amide bonds. The molecule has 1 fully saturated rings. The molecule has 124 valence electrons. The summed E-state index contributed by atoms with van der Waals surface area (Å²) >= 11 is 0. The zero-order valence-electron chi connectivity index (χ0n) is 12.7. The van der Waals surface area contributed by atoms with Crippen LogP contribution >= 0.6 is 0 Å². The highest BCUT2D eigenvalue weighted by molar-refractivity contribution is 5.66. The first-order chi connectivity index (χ1) is 10.0. The number of aliphatic carboxylic acids is 1. The molecule has 0 bridgehead atoms. The molecule has 0 aliphatic carbocycles. The van der Waals surface area contributed by atoms with Gasteiger partial charge in [0.2, 0.25) is 0 Å². The Labute approximate surface area is 126 Å². The maximum absolute atomic E-state index is 10.3. The topological polar surface area (TPSA) is 96.2 Å². The highest BCUT2D eigenvalue weighted by atomic mass is 16.7. The molecule has 0 saturated carbocycles. The van der Waals surface area contributed by atoms with Gasteiger partial charge in [0.25, 0.3) is 0 Å². The Morgan fingerprint density at radius 3 is 2.38 bits per heavy atom. The van der Waals surface area contributed by atoms with E-state index < -0.39 is 24.5 Å². The van der Waals surface area contributed by atoms with E-state index in [1.807, 2.05) is 0 Å². The van der Waals surface area contributed by atoms with Crippen LogP contribution in [0, 0.1) is 0 Å². The predicted octanol–water partition coefficient (Wildman–Crippen LogP) is 1.68. The van der Waals surface area contributed by atoms with E-state index in [0.717, 1.165) is 38.5 Å². The molecule has 1 saturated heterocycles. The van der Waals surface area contributed by atoms with Crippen molar-refractivity contribution in [1.82, 2.24) is 0 Å². The summed E-state index contributed by atoms with van der Waals surface area (Å²) in [5.74, 6) is -0.728. The quantitative estimate of drug-likeness (QED) is 0.531. The number of hydrogen-bond acceptors (Lipinski definition) is 5. The predicted molar refractivity (Wildman–Crippen MR) is 76.9 cm³/mol. The summed E-state index contributed by atoms with van der Waals surface area (Å²) in [7, 11) is 0. The average molecular weight is 304 g/mol. The van der Waals surface area contributed by atoms with Gasteiger partial charge in [-0.05, 0) is 19.8 Å². The Hall–Kier alpha value is -0.690. The number of aliphatic hydroxyl groups excluding tert-OH is 2. The van der Waals surface area contributed by atoms with Gasteiger partial charge >= 0.3 is 5.97 Å². The van der Waals surface area contributed by atoms with Crippen molar-refractivity contribution in [2.45, 2.75) is 82.9 Å². The second-order valence-electron chi connectivity index (χ2n) is 5.72. The zero-order valence-corrected chi connectivity index (χ0v) is 12.7. The summed E-state index contributed by atoms with van der Waals surface area (Å²) in [5.41, 5.74) is 0. The first-order valence-corrected chi connectivity index (χ1v) is 7.85. The number of unbranched alkanes of at least 4 members (excludes halogenated alkanes) is 5. The van der Waals surface area contributed by atoms with E-state index >= 15 is 0 Å². The SMILES string of the molecule is CC1O[C@@H](OCCCCCCCCC(=O)O)C(O)C[C@H]1O. The Balaban J connectivity index is 1.95. The molecular weight excluding hydrogens is 276 g/mol. The van der Waals surface area contributed by atoms with Crippen molar-refractivity contribution in [2.24, 2.45) is 0 Å². The number of rotatable bonds is 10. The van der Waals surface area contributed by atoms with Crippen molar-refractivity contribution < 1.29 is 29.6 Å². The Morgan fingerprint density at radius 2 is 1.71 bits per heavy atom. The minimum atomic E-state index is -0.771. The number of carboxylic acid groups (broad SMARTS) is 1. The van der Waals surface area contributed by atoms with Crippen LogP contribution < -0.4 is 0 Å². The molecule has 0 aromatic rings. The fourth-order valence-electron chi connectivity index (χ4n) is 2.38. The van der Waals surface area contributed by atoms with E-state index in [0.29, 0.717) is 6.61 Å². The van der Waals surface area contributed by atoms with Crippen molar-refractivity contribution in [1.29, 1.82) is 0 Å². The Bertz CT molecular complexity index is 296. The molecule has 6 heteroatoms. The van der Waals surface area contributed by atoms with E-state index in [1.54, 1.807) is 6.92 Å². The van der Waals surface area contributed by atoms with Crippen LogP contribution in [-0.4, -0.2) is 52.5 Å². The number of ether oxygens (including phenoxy) is 2. The maximum Gasteiger partial charge on any atom is 0.303 e. The van der Waals surface area contributed by atoms with Gasteiger partial charge in [-0.25, -0.2) is 0 Å². The minimum absolute atomic E-state index is 0.254. The molecule has 3 N–H and O–H groups in total. The van der Waals surface area contributed by atoms with Crippen molar-refractivity contribution in [3.63, 3.8) is 0 Å². The van der Waals surface area contributed by atoms with Gasteiger partial charge in [-0.3, -0.25) is 4.79 Å². The van der Waals surface area contributed by atoms with Crippen molar-refractivity contribution in [2.75, 3.05) is 6.61 Å². The lowest BCUT2D eigenvalue weighted by Gasteiger charge is -2.35. The van der Waals surface area contributed by atoms with Crippen LogP contribution in [0.5, 0.6) is 0 Å². The molecule has 1 aliphatic rings. The highest BCUT2D eigenvalue weighted by Gasteiger charge is 2.34. The van der Waals surface area contributed by atoms with Crippen molar-refractivity contribution >= 4 is 5.97 Å². The molecule has 6 nitrogen and oxygen atoms in total. The van der Waals surface area contributed by atoms with Crippen LogP contribution in [0.4, 0.5) is 0 Å². The summed E-state index contributed by atoms with van der Waals surface area (Å²) < 4.78 is 10.9. The summed E-state index contributed by atoms with van der Waals surface area (Å²) in [6.45, 7) is 2.30. The molecule has 1 aliphatic heterocycles. The first kappa shape index (κ1) is 18.4. The van der Waals surface area contributed by atoms with Gasteiger partial charge in [0, 0.05) is 19.4 Å². The maximum atomic E-state index is 10.3. The summed E-state index contributed by atoms with van der Waals surface area (Å²) in [6, 6.07) is 0.